The Hall–Kier alpha value is -1.34. The van der Waals surface area contributed by atoms with E-state index in [4.69, 9.17) is 10.5 Å². The number of nitrogens with two attached hydrogens (primary N) is 1. The Morgan fingerprint density at radius 3 is 2.78 bits per heavy atom. The number of benzene rings is 1. The zero-order valence-electron chi connectivity index (χ0n) is 9.63. The molecule has 2 N–H and O–H groups in total. The minimum absolute atomic E-state index is 0.156. The highest BCUT2D eigenvalue weighted by atomic mass is 79.9. The summed E-state index contributed by atoms with van der Waals surface area (Å²) >= 11 is 4.87. The number of hydrogen-bond donors (Lipinski definition) is 1. The van der Waals surface area contributed by atoms with Gasteiger partial charge in [0, 0.05) is 9.37 Å². The summed E-state index contributed by atoms with van der Waals surface area (Å²) in [6.07, 6.45) is 0. The molecule has 94 valence electrons. The maximum atomic E-state index is 5.61. The van der Waals surface area contributed by atoms with Gasteiger partial charge >= 0.3 is 6.01 Å². The zero-order chi connectivity index (χ0) is 13.0. The maximum absolute atomic E-state index is 5.61. The lowest BCUT2D eigenvalue weighted by Gasteiger charge is -2.05. The van der Waals surface area contributed by atoms with Crippen molar-refractivity contribution in [3.63, 3.8) is 0 Å². The summed E-state index contributed by atoms with van der Waals surface area (Å²) in [6.45, 7) is 2.35. The molecule has 2 aromatic rings. The second-order valence-electron chi connectivity index (χ2n) is 3.22. The number of halogens is 1. The lowest BCUT2D eigenvalue weighted by atomic mass is 10.4. The van der Waals surface area contributed by atoms with Gasteiger partial charge in [-0.1, -0.05) is 12.1 Å². The van der Waals surface area contributed by atoms with Gasteiger partial charge in [-0.2, -0.15) is 15.0 Å². The summed E-state index contributed by atoms with van der Waals surface area (Å²) in [5.41, 5.74) is 5.61. The molecule has 2 rings (SSSR count). The quantitative estimate of drug-likeness (QED) is 0.931. The summed E-state index contributed by atoms with van der Waals surface area (Å²) in [5.74, 6) is 0.156. The minimum Gasteiger partial charge on any atom is -0.464 e. The summed E-state index contributed by atoms with van der Waals surface area (Å²) < 4.78 is 6.21. The molecule has 0 fully saturated rings. The van der Waals surface area contributed by atoms with Gasteiger partial charge in [-0.05, 0) is 46.7 Å². The molecule has 0 amide bonds. The van der Waals surface area contributed by atoms with Crippen molar-refractivity contribution in [2.75, 3.05) is 12.3 Å². The topological polar surface area (TPSA) is 73.9 Å². The van der Waals surface area contributed by atoms with Crippen LogP contribution in [0.15, 0.2) is 38.8 Å². The van der Waals surface area contributed by atoms with Crippen molar-refractivity contribution in [3.05, 3.63) is 28.7 Å². The fraction of sp³-hybridized carbons (Fsp3) is 0.182. The molecule has 0 saturated heterocycles. The van der Waals surface area contributed by atoms with Crippen LogP contribution in [0.5, 0.6) is 6.01 Å². The lowest BCUT2D eigenvalue weighted by molar-refractivity contribution is 0.308. The lowest BCUT2D eigenvalue weighted by Crippen LogP contribution is -2.04. The summed E-state index contributed by atoms with van der Waals surface area (Å²) in [5, 5.41) is 0.512. The van der Waals surface area contributed by atoms with E-state index < -0.39 is 0 Å². The molecule has 0 aliphatic carbocycles. The average Bonchev–Trinajstić information content (AvgIpc) is 2.32. The summed E-state index contributed by atoms with van der Waals surface area (Å²) in [6, 6.07) is 8.06. The first-order valence-electron chi connectivity index (χ1n) is 5.25. The first-order valence-corrected chi connectivity index (χ1v) is 6.86. The van der Waals surface area contributed by atoms with Crippen LogP contribution in [0.2, 0.25) is 0 Å². The van der Waals surface area contributed by atoms with E-state index in [0.717, 1.165) is 9.37 Å². The predicted octanol–water partition coefficient (Wildman–Crippen LogP) is 2.77. The maximum Gasteiger partial charge on any atom is 0.322 e. The number of aromatic nitrogens is 3. The predicted molar refractivity (Wildman–Crippen MR) is 73.7 cm³/mol. The number of ether oxygens (including phenoxy) is 1. The highest BCUT2D eigenvalue weighted by Gasteiger charge is 2.08. The molecule has 0 bridgehead atoms. The van der Waals surface area contributed by atoms with Crippen LogP contribution in [0.1, 0.15) is 6.92 Å². The normalized spacial score (nSPS) is 10.3. The van der Waals surface area contributed by atoms with E-state index in [1.54, 1.807) is 0 Å². The second-order valence-corrected chi connectivity index (χ2v) is 5.09. The molecule has 1 aromatic carbocycles. The van der Waals surface area contributed by atoms with Crippen LogP contribution in [-0.4, -0.2) is 21.6 Å². The molecule has 0 aliphatic rings. The molecule has 1 heterocycles. The number of nitrogens with zero attached hydrogens (tertiary/aromatic N) is 3. The molecule has 5 nitrogen and oxygen atoms in total. The van der Waals surface area contributed by atoms with Crippen LogP contribution >= 0.6 is 27.7 Å². The van der Waals surface area contributed by atoms with E-state index in [2.05, 4.69) is 30.9 Å². The highest BCUT2D eigenvalue weighted by molar-refractivity contribution is 9.10. The van der Waals surface area contributed by atoms with Crippen LogP contribution in [0.4, 0.5) is 5.95 Å². The van der Waals surface area contributed by atoms with E-state index >= 15 is 0 Å². The SMILES string of the molecule is CCOc1nc(N)nc(Sc2ccccc2Br)n1. The van der Waals surface area contributed by atoms with Gasteiger partial charge in [0.05, 0.1) is 6.61 Å². The number of anilines is 1. The van der Waals surface area contributed by atoms with Crippen LogP contribution in [-0.2, 0) is 0 Å². The van der Waals surface area contributed by atoms with Crippen LogP contribution in [0, 0.1) is 0 Å². The second kappa shape index (κ2) is 6.01. The molecule has 0 unspecified atom stereocenters. The van der Waals surface area contributed by atoms with Crippen LogP contribution in [0.25, 0.3) is 0 Å². The standard InChI is InChI=1S/C11H11BrN4OS/c1-2-17-10-14-9(13)15-11(16-10)18-8-6-4-3-5-7(8)12/h3-6H,2H2,1H3,(H2,13,14,15,16). The molecular formula is C11H11BrN4OS. The molecule has 0 spiro atoms. The van der Waals surface area contributed by atoms with Crippen LogP contribution < -0.4 is 10.5 Å². The van der Waals surface area contributed by atoms with Crippen molar-refractivity contribution < 1.29 is 4.74 Å². The Labute approximate surface area is 117 Å². The van der Waals surface area contributed by atoms with Crippen LogP contribution in [0.3, 0.4) is 0 Å². The van der Waals surface area contributed by atoms with Crippen molar-refractivity contribution in [2.24, 2.45) is 0 Å². The van der Waals surface area contributed by atoms with Gasteiger partial charge in [-0.15, -0.1) is 0 Å². The Kier molecular flexibility index (Phi) is 4.38. The van der Waals surface area contributed by atoms with Crippen molar-refractivity contribution in [1.82, 2.24) is 15.0 Å². The van der Waals surface area contributed by atoms with E-state index in [0.29, 0.717) is 11.8 Å². The van der Waals surface area contributed by atoms with Gasteiger partial charge in [-0.3, -0.25) is 0 Å². The molecule has 0 aliphatic heterocycles. The Morgan fingerprint density at radius 1 is 1.28 bits per heavy atom. The number of nitrogen functional groups attached to an aromatic ring is 1. The van der Waals surface area contributed by atoms with Gasteiger partial charge in [0.25, 0.3) is 0 Å². The Balaban J connectivity index is 2.26. The first-order chi connectivity index (χ1) is 8.69. The third-order valence-electron chi connectivity index (χ3n) is 1.92. The summed E-state index contributed by atoms with van der Waals surface area (Å²) in [4.78, 5) is 13.1. The zero-order valence-corrected chi connectivity index (χ0v) is 12.0. The number of rotatable bonds is 4. The molecule has 18 heavy (non-hydrogen) atoms. The minimum atomic E-state index is 0.156. The fourth-order valence-corrected chi connectivity index (χ4v) is 2.52. The van der Waals surface area contributed by atoms with Crippen molar-refractivity contribution >= 4 is 33.6 Å². The third kappa shape index (κ3) is 3.33. The Bertz CT molecular complexity index is 552. The van der Waals surface area contributed by atoms with E-state index in [9.17, 15) is 0 Å². The molecule has 7 heteroatoms. The van der Waals surface area contributed by atoms with Gasteiger partial charge in [0.2, 0.25) is 11.1 Å². The third-order valence-corrected chi connectivity index (χ3v) is 3.82. The van der Waals surface area contributed by atoms with E-state index in [1.807, 2.05) is 31.2 Å². The smallest absolute Gasteiger partial charge is 0.322 e. The fourth-order valence-electron chi connectivity index (χ4n) is 1.22. The van der Waals surface area contributed by atoms with E-state index in [-0.39, 0.29) is 12.0 Å². The molecule has 1 aromatic heterocycles. The van der Waals surface area contributed by atoms with Gasteiger partial charge < -0.3 is 10.5 Å². The largest absolute Gasteiger partial charge is 0.464 e. The molecule has 0 saturated carbocycles. The average molecular weight is 327 g/mol. The summed E-state index contributed by atoms with van der Waals surface area (Å²) in [7, 11) is 0. The first kappa shape index (κ1) is 13.1. The van der Waals surface area contributed by atoms with E-state index in [1.165, 1.54) is 11.8 Å². The monoisotopic (exact) mass is 326 g/mol. The van der Waals surface area contributed by atoms with Crippen molar-refractivity contribution in [2.45, 2.75) is 17.0 Å². The highest BCUT2D eigenvalue weighted by Crippen LogP contribution is 2.31. The Morgan fingerprint density at radius 2 is 2.06 bits per heavy atom. The molecule has 0 radical (unpaired) electrons. The van der Waals surface area contributed by atoms with Gasteiger partial charge in [-0.25, -0.2) is 0 Å². The van der Waals surface area contributed by atoms with Gasteiger partial charge in [0.1, 0.15) is 0 Å². The molecule has 0 atom stereocenters. The molecular weight excluding hydrogens is 316 g/mol. The van der Waals surface area contributed by atoms with Crippen molar-refractivity contribution in [3.8, 4) is 6.01 Å². The van der Waals surface area contributed by atoms with Crippen molar-refractivity contribution in [1.29, 1.82) is 0 Å². The number of hydrogen-bond acceptors (Lipinski definition) is 6. The van der Waals surface area contributed by atoms with Gasteiger partial charge in [0.15, 0.2) is 0 Å².